The number of hydrogen-bond acceptors (Lipinski definition) is 6. The van der Waals surface area contributed by atoms with Gasteiger partial charge in [0.2, 0.25) is 0 Å². The second kappa shape index (κ2) is 6.47. The Morgan fingerprint density at radius 3 is 2.61 bits per heavy atom. The molecule has 0 amide bonds. The summed E-state index contributed by atoms with van der Waals surface area (Å²) in [6.45, 7) is 0.482. The lowest BCUT2D eigenvalue weighted by Gasteiger charge is -2.06. The third kappa shape index (κ3) is 3.94. The molecule has 0 fully saturated rings. The Morgan fingerprint density at radius 2 is 1.96 bits per heavy atom. The minimum Gasteiger partial charge on any atom is -0.486 e. The standard InChI is InChI=1S/C16H14N2O3S2/c1-23(19,20)15-6-4-12(5-7-15)16-9-13(10-17-18-16)21-11-14-3-2-8-22-14/h2-10H,11H2,1H3. The molecule has 7 heteroatoms. The average molecular weight is 346 g/mol. The highest BCUT2D eigenvalue weighted by molar-refractivity contribution is 7.90. The topological polar surface area (TPSA) is 69.2 Å². The minimum absolute atomic E-state index is 0.277. The van der Waals surface area contributed by atoms with Crippen LogP contribution in [0, 0.1) is 0 Å². The fourth-order valence-electron chi connectivity index (χ4n) is 1.99. The normalized spacial score (nSPS) is 11.3. The second-order valence-corrected chi connectivity index (χ2v) is 7.99. The monoisotopic (exact) mass is 346 g/mol. The molecule has 23 heavy (non-hydrogen) atoms. The van der Waals surface area contributed by atoms with Crippen LogP contribution in [0.3, 0.4) is 0 Å². The lowest BCUT2D eigenvalue weighted by Crippen LogP contribution is -1.97. The van der Waals surface area contributed by atoms with Crippen LogP contribution in [0.5, 0.6) is 5.75 Å². The van der Waals surface area contributed by atoms with Crippen molar-refractivity contribution in [1.82, 2.24) is 10.2 Å². The molecule has 0 atom stereocenters. The molecule has 118 valence electrons. The van der Waals surface area contributed by atoms with Crippen LogP contribution >= 0.6 is 11.3 Å². The molecular formula is C16H14N2O3S2. The van der Waals surface area contributed by atoms with Gasteiger partial charge in [0.05, 0.1) is 16.8 Å². The smallest absolute Gasteiger partial charge is 0.175 e. The summed E-state index contributed by atoms with van der Waals surface area (Å²) in [5.41, 5.74) is 1.42. The van der Waals surface area contributed by atoms with E-state index in [1.165, 1.54) is 6.26 Å². The molecular weight excluding hydrogens is 332 g/mol. The zero-order valence-electron chi connectivity index (χ0n) is 12.3. The van der Waals surface area contributed by atoms with Gasteiger partial charge < -0.3 is 4.74 Å². The number of hydrogen-bond donors (Lipinski definition) is 0. The third-order valence-corrected chi connectivity index (χ3v) is 5.15. The molecule has 0 aliphatic heterocycles. The van der Waals surface area contributed by atoms with Gasteiger partial charge in [-0.05, 0) is 23.6 Å². The summed E-state index contributed by atoms with van der Waals surface area (Å²) in [5.74, 6) is 0.621. The van der Waals surface area contributed by atoms with Crippen LogP contribution in [0.25, 0.3) is 11.3 Å². The second-order valence-electron chi connectivity index (χ2n) is 4.94. The first kappa shape index (κ1) is 15.6. The van der Waals surface area contributed by atoms with Crippen LogP contribution < -0.4 is 4.74 Å². The number of nitrogens with zero attached hydrogens (tertiary/aromatic N) is 2. The number of sulfone groups is 1. The Balaban J connectivity index is 1.79. The third-order valence-electron chi connectivity index (χ3n) is 3.17. The van der Waals surface area contributed by atoms with E-state index < -0.39 is 9.84 Å². The van der Waals surface area contributed by atoms with E-state index in [0.717, 1.165) is 10.4 Å². The van der Waals surface area contributed by atoms with E-state index in [0.29, 0.717) is 18.1 Å². The van der Waals surface area contributed by atoms with Crippen molar-refractivity contribution in [3.8, 4) is 17.0 Å². The molecule has 0 N–H and O–H groups in total. The first-order valence-electron chi connectivity index (χ1n) is 6.81. The fraction of sp³-hybridized carbons (Fsp3) is 0.125. The summed E-state index contributed by atoms with van der Waals surface area (Å²) in [4.78, 5) is 1.40. The maximum absolute atomic E-state index is 11.5. The van der Waals surface area contributed by atoms with Gasteiger partial charge in [-0.1, -0.05) is 18.2 Å². The molecule has 0 bridgehead atoms. The molecule has 0 aliphatic rings. The van der Waals surface area contributed by atoms with Crippen molar-refractivity contribution >= 4 is 21.2 Å². The average Bonchev–Trinajstić information content (AvgIpc) is 3.06. The molecule has 2 heterocycles. The van der Waals surface area contributed by atoms with E-state index in [9.17, 15) is 8.42 Å². The van der Waals surface area contributed by atoms with Gasteiger partial charge in [0.25, 0.3) is 0 Å². The Morgan fingerprint density at radius 1 is 1.17 bits per heavy atom. The van der Waals surface area contributed by atoms with E-state index in [1.807, 2.05) is 17.5 Å². The maximum atomic E-state index is 11.5. The highest BCUT2D eigenvalue weighted by Gasteiger charge is 2.08. The number of benzene rings is 1. The van der Waals surface area contributed by atoms with Crippen LogP contribution in [0.2, 0.25) is 0 Å². The quantitative estimate of drug-likeness (QED) is 0.710. The Hall–Kier alpha value is -2.25. The molecule has 0 spiro atoms. The summed E-state index contributed by atoms with van der Waals surface area (Å²) in [7, 11) is -3.20. The summed E-state index contributed by atoms with van der Waals surface area (Å²) < 4.78 is 28.7. The number of aromatic nitrogens is 2. The van der Waals surface area contributed by atoms with E-state index >= 15 is 0 Å². The lowest BCUT2D eigenvalue weighted by atomic mass is 10.1. The molecule has 2 aromatic heterocycles. The van der Waals surface area contributed by atoms with E-state index in [-0.39, 0.29) is 4.90 Å². The van der Waals surface area contributed by atoms with Gasteiger partial charge in [0.1, 0.15) is 12.4 Å². The zero-order chi connectivity index (χ0) is 16.3. The van der Waals surface area contributed by atoms with Crippen LogP contribution in [0.4, 0.5) is 0 Å². The van der Waals surface area contributed by atoms with Gasteiger partial charge in [0.15, 0.2) is 9.84 Å². The first-order chi connectivity index (χ1) is 11.0. The van der Waals surface area contributed by atoms with Crippen LogP contribution in [0.15, 0.2) is 58.9 Å². The van der Waals surface area contributed by atoms with Gasteiger partial charge in [-0.25, -0.2) is 8.42 Å². The maximum Gasteiger partial charge on any atom is 0.175 e. The van der Waals surface area contributed by atoms with E-state index in [4.69, 9.17) is 4.74 Å². The van der Waals surface area contributed by atoms with Crippen LogP contribution in [0.1, 0.15) is 4.88 Å². The van der Waals surface area contributed by atoms with Crippen LogP contribution in [-0.4, -0.2) is 24.9 Å². The first-order valence-corrected chi connectivity index (χ1v) is 9.58. The minimum atomic E-state index is -3.20. The molecule has 0 aliphatic carbocycles. The predicted molar refractivity (Wildman–Crippen MR) is 89.2 cm³/mol. The van der Waals surface area contributed by atoms with Crippen molar-refractivity contribution in [2.24, 2.45) is 0 Å². The Bertz CT molecular complexity index is 889. The van der Waals surface area contributed by atoms with Gasteiger partial charge in [0, 0.05) is 22.8 Å². The van der Waals surface area contributed by atoms with Gasteiger partial charge in [-0.2, -0.15) is 10.2 Å². The van der Waals surface area contributed by atoms with Crippen molar-refractivity contribution in [2.75, 3.05) is 6.26 Å². The van der Waals surface area contributed by atoms with Gasteiger partial charge >= 0.3 is 0 Å². The molecule has 5 nitrogen and oxygen atoms in total. The van der Waals surface area contributed by atoms with Crippen molar-refractivity contribution in [1.29, 1.82) is 0 Å². The highest BCUT2D eigenvalue weighted by atomic mass is 32.2. The molecule has 0 radical (unpaired) electrons. The SMILES string of the molecule is CS(=O)(=O)c1ccc(-c2cc(OCc3cccs3)cnn2)cc1. The highest BCUT2D eigenvalue weighted by Crippen LogP contribution is 2.23. The molecule has 1 aromatic carbocycles. The van der Waals surface area contributed by atoms with Gasteiger partial charge in [-0.3, -0.25) is 0 Å². The zero-order valence-corrected chi connectivity index (χ0v) is 14.0. The molecule has 0 saturated carbocycles. The Labute approximate surface area is 138 Å². The molecule has 0 saturated heterocycles. The van der Waals surface area contributed by atoms with E-state index in [2.05, 4.69) is 10.2 Å². The summed E-state index contributed by atoms with van der Waals surface area (Å²) in [6.07, 6.45) is 2.74. The number of thiophene rings is 1. The lowest BCUT2D eigenvalue weighted by molar-refractivity contribution is 0.308. The number of rotatable bonds is 5. The van der Waals surface area contributed by atoms with Crippen molar-refractivity contribution < 1.29 is 13.2 Å². The number of ether oxygens (including phenoxy) is 1. The van der Waals surface area contributed by atoms with Crippen LogP contribution in [-0.2, 0) is 16.4 Å². The summed E-state index contributed by atoms with van der Waals surface area (Å²) in [5, 5.41) is 10.0. The fourth-order valence-corrected chi connectivity index (χ4v) is 3.24. The largest absolute Gasteiger partial charge is 0.486 e. The van der Waals surface area contributed by atoms with Gasteiger partial charge in [-0.15, -0.1) is 11.3 Å². The molecule has 3 rings (SSSR count). The summed E-state index contributed by atoms with van der Waals surface area (Å²) >= 11 is 1.63. The van der Waals surface area contributed by atoms with Crippen molar-refractivity contribution in [3.63, 3.8) is 0 Å². The van der Waals surface area contributed by atoms with Crippen molar-refractivity contribution in [2.45, 2.75) is 11.5 Å². The Kier molecular flexibility index (Phi) is 4.40. The molecule has 3 aromatic rings. The van der Waals surface area contributed by atoms with Crippen molar-refractivity contribution in [3.05, 3.63) is 58.9 Å². The van der Waals surface area contributed by atoms with E-state index in [1.54, 1.807) is 47.9 Å². The predicted octanol–water partition coefficient (Wildman–Crippen LogP) is 3.19. The summed E-state index contributed by atoms with van der Waals surface area (Å²) in [6, 6.07) is 12.3. The molecule has 0 unspecified atom stereocenters.